The predicted octanol–water partition coefficient (Wildman–Crippen LogP) is 4.12. The molecule has 20 heavy (non-hydrogen) atoms. The molecule has 1 saturated heterocycles. The summed E-state index contributed by atoms with van der Waals surface area (Å²) in [5.74, 6) is 0. The van der Waals surface area contributed by atoms with E-state index in [4.69, 9.17) is 11.6 Å². The minimum Gasteiger partial charge on any atom is -0.307 e. The molecular weight excluding hydrogens is 268 g/mol. The van der Waals surface area contributed by atoms with Crippen molar-refractivity contribution in [2.24, 2.45) is 0 Å². The highest BCUT2D eigenvalue weighted by Gasteiger charge is 2.42. The minimum atomic E-state index is 0.110. The Labute approximate surface area is 125 Å². The molecule has 3 heteroatoms. The van der Waals surface area contributed by atoms with E-state index in [1.807, 2.05) is 30.6 Å². The molecule has 1 aromatic carbocycles. The summed E-state index contributed by atoms with van der Waals surface area (Å²) >= 11 is 5.97. The highest BCUT2D eigenvalue weighted by atomic mass is 35.5. The van der Waals surface area contributed by atoms with E-state index in [2.05, 4.69) is 42.3 Å². The molecule has 0 amide bonds. The van der Waals surface area contributed by atoms with Gasteiger partial charge < -0.3 is 5.32 Å². The number of hydrogen-bond acceptors (Lipinski definition) is 2. The van der Waals surface area contributed by atoms with Crippen LogP contribution in [0.15, 0.2) is 48.8 Å². The first-order chi connectivity index (χ1) is 9.59. The van der Waals surface area contributed by atoms with Gasteiger partial charge in [-0.15, -0.1) is 0 Å². The largest absolute Gasteiger partial charge is 0.307 e. The Bertz CT molecular complexity index is 582. The second-order valence-electron chi connectivity index (χ2n) is 5.86. The van der Waals surface area contributed by atoms with E-state index in [0.29, 0.717) is 12.1 Å². The van der Waals surface area contributed by atoms with Crippen LogP contribution in [0.5, 0.6) is 0 Å². The summed E-state index contributed by atoms with van der Waals surface area (Å²) in [7, 11) is 0. The molecule has 2 aromatic rings. The first kappa shape index (κ1) is 13.6. The lowest BCUT2D eigenvalue weighted by Gasteiger charge is -2.28. The molecule has 0 bridgehead atoms. The first-order valence-corrected chi connectivity index (χ1v) is 7.39. The fourth-order valence-corrected chi connectivity index (χ4v) is 3.25. The van der Waals surface area contributed by atoms with Crippen molar-refractivity contribution in [2.45, 2.75) is 37.8 Å². The quantitative estimate of drug-likeness (QED) is 0.898. The molecule has 2 heterocycles. The van der Waals surface area contributed by atoms with Gasteiger partial charge in [0.05, 0.1) is 0 Å². The third-order valence-corrected chi connectivity index (χ3v) is 4.88. The second kappa shape index (κ2) is 5.19. The molecule has 0 aliphatic carbocycles. The van der Waals surface area contributed by atoms with Crippen molar-refractivity contribution >= 4 is 11.6 Å². The van der Waals surface area contributed by atoms with Crippen molar-refractivity contribution in [2.75, 3.05) is 0 Å². The third kappa shape index (κ3) is 2.34. The number of hydrogen-bond donors (Lipinski definition) is 1. The molecule has 1 fully saturated rings. The summed E-state index contributed by atoms with van der Waals surface area (Å²) in [5.41, 5.74) is 2.71. The Morgan fingerprint density at radius 1 is 1.25 bits per heavy atom. The van der Waals surface area contributed by atoms with Crippen LogP contribution in [0, 0.1) is 0 Å². The fraction of sp³-hybridized carbons (Fsp3) is 0.353. The number of nitrogens with one attached hydrogen (secondary N) is 1. The van der Waals surface area contributed by atoms with Crippen LogP contribution in [0.25, 0.3) is 0 Å². The average molecular weight is 287 g/mol. The number of benzene rings is 1. The van der Waals surface area contributed by atoms with Crippen molar-refractivity contribution in [1.82, 2.24) is 10.3 Å². The van der Waals surface area contributed by atoms with Gasteiger partial charge in [-0.05, 0) is 42.7 Å². The highest BCUT2D eigenvalue weighted by Crippen LogP contribution is 2.42. The Balaban J connectivity index is 1.88. The van der Waals surface area contributed by atoms with E-state index < -0.39 is 0 Å². The molecule has 0 spiro atoms. The number of aromatic nitrogens is 1. The van der Waals surface area contributed by atoms with Crippen LogP contribution in [0.2, 0.25) is 5.02 Å². The van der Waals surface area contributed by atoms with Crippen LogP contribution in [0.1, 0.15) is 37.4 Å². The zero-order valence-electron chi connectivity index (χ0n) is 11.8. The van der Waals surface area contributed by atoms with Gasteiger partial charge >= 0.3 is 0 Å². The second-order valence-corrected chi connectivity index (χ2v) is 6.29. The van der Waals surface area contributed by atoms with Gasteiger partial charge in [-0.2, -0.15) is 0 Å². The summed E-state index contributed by atoms with van der Waals surface area (Å²) < 4.78 is 0. The standard InChI is InChI=1S/C17H19ClN2/c1-12-17(2,14-4-3-9-19-11-14)10-16(20-12)13-5-7-15(18)8-6-13/h3-9,11-12,16,20H,10H2,1-2H3. The number of halogens is 1. The van der Waals surface area contributed by atoms with Gasteiger partial charge in [0.15, 0.2) is 0 Å². The molecule has 3 unspecified atom stereocenters. The van der Waals surface area contributed by atoms with Crippen LogP contribution < -0.4 is 5.32 Å². The summed E-state index contributed by atoms with van der Waals surface area (Å²) in [6.45, 7) is 4.57. The van der Waals surface area contributed by atoms with Crippen molar-refractivity contribution in [3.63, 3.8) is 0 Å². The van der Waals surface area contributed by atoms with Gasteiger partial charge in [0.25, 0.3) is 0 Å². The zero-order chi connectivity index (χ0) is 14.2. The van der Waals surface area contributed by atoms with E-state index in [1.54, 1.807) is 0 Å². The molecule has 3 rings (SSSR count). The molecule has 0 saturated carbocycles. The molecule has 1 aromatic heterocycles. The van der Waals surface area contributed by atoms with E-state index in [-0.39, 0.29) is 5.41 Å². The lowest BCUT2D eigenvalue weighted by Crippen LogP contribution is -2.35. The summed E-state index contributed by atoms with van der Waals surface area (Å²) in [5, 5.41) is 4.49. The summed E-state index contributed by atoms with van der Waals surface area (Å²) in [6.07, 6.45) is 4.89. The third-order valence-electron chi connectivity index (χ3n) is 4.63. The van der Waals surface area contributed by atoms with Crippen LogP contribution in [-0.2, 0) is 5.41 Å². The minimum absolute atomic E-state index is 0.110. The van der Waals surface area contributed by atoms with Crippen molar-refractivity contribution < 1.29 is 0 Å². The molecule has 2 nitrogen and oxygen atoms in total. The van der Waals surface area contributed by atoms with Crippen molar-refractivity contribution in [3.8, 4) is 0 Å². The molecule has 0 radical (unpaired) electrons. The Hall–Kier alpha value is -1.38. The Morgan fingerprint density at radius 2 is 2.00 bits per heavy atom. The molecule has 1 N–H and O–H groups in total. The summed E-state index contributed by atoms with van der Waals surface area (Å²) in [4.78, 5) is 4.27. The summed E-state index contributed by atoms with van der Waals surface area (Å²) in [6, 6.07) is 13.1. The van der Waals surface area contributed by atoms with Gasteiger partial charge in [0.2, 0.25) is 0 Å². The van der Waals surface area contributed by atoms with Crippen LogP contribution in [0.3, 0.4) is 0 Å². The highest BCUT2D eigenvalue weighted by molar-refractivity contribution is 6.30. The van der Waals surface area contributed by atoms with Crippen LogP contribution in [0.4, 0.5) is 0 Å². The topological polar surface area (TPSA) is 24.9 Å². The molecule has 1 aliphatic rings. The van der Waals surface area contributed by atoms with Gasteiger partial charge in [0, 0.05) is 34.9 Å². The Kier molecular flexibility index (Phi) is 3.53. The van der Waals surface area contributed by atoms with Gasteiger partial charge in [0.1, 0.15) is 0 Å². The van der Waals surface area contributed by atoms with E-state index >= 15 is 0 Å². The maximum Gasteiger partial charge on any atom is 0.0406 e. The van der Waals surface area contributed by atoms with Crippen molar-refractivity contribution in [3.05, 3.63) is 64.9 Å². The maximum atomic E-state index is 5.97. The number of pyridine rings is 1. The molecule has 3 atom stereocenters. The molecular formula is C17H19ClN2. The average Bonchev–Trinajstić information content (AvgIpc) is 2.78. The molecule has 1 aliphatic heterocycles. The van der Waals surface area contributed by atoms with Crippen molar-refractivity contribution in [1.29, 1.82) is 0 Å². The van der Waals surface area contributed by atoms with Gasteiger partial charge in [-0.1, -0.05) is 36.7 Å². The number of nitrogens with zero attached hydrogens (tertiary/aromatic N) is 1. The monoisotopic (exact) mass is 286 g/mol. The Morgan fingerprint density at radius 3 is 2.65 bits per heavy atom. The van der Waals surface area contributed by atoms with Crippen LogP contribution in [-0.4, -0.2) is 11.0 Å². The number of rotatable bonds is 2. The van der Waals surface area contributed by atoms with E-state index in [9.17, 15) is 0 Å². The molecule has 104 valence electrons. The lowest BCUT2D eigenvalue weighted by atomic mass is 9.76. The van der Waals surface area contributed by atoms with E-state index in [0.717, 1.165) is 11.4 Å². The lowest BCUT2D eigenvalue weighted by molar-refractivity contribution is 0.426. The van der Waals surface area contributed by atoms with Crippen LogP contribution >= 0.6 is 11.6 Å². The fourth-order valence-electron chi connectivity index (χ4n) is 3.12. The van der Waals surface area contributed by atoms with E-state index in [1.165, 1.54) is 11.1 Å². The normalized spacial score (nSPS) is 29.6. The zero-order valence-corrected chi connectivity index (χ0v) is 12.6. The first-order valence-electron chi connectivity index (χ1n) is 7.01. The van der Waals surface area contributed by atoms with Gasteiger partial charge in [-0.25, -0.2) is 0 Å². The maximum absolute atomic E-state index is 5.97. The SMILES string of the molecule is CC1NC(c2ccc(Cl)cc2)CC1(C)c1cccnc1. The smallest absolute Gasteiger partial charge is 0.0406 e. The van der Waals surface area contributed by atoms with Gasteiger partial charge in [-0.3, -0.25) is 4.98 Å². The predicted molar refractivity (Wildman–Crippen MR) is 83.0 cm³/mol.